The molecule has 1 fully saturated rings. The largest absolute Gasteiger partial charge is 0.314 e. The fourth-order valence-corrected chi connectivity index (χ4v) is 2.65. The molecule has 0 aromatic heterocycles. The summed E-state index contributed by atoms with van der Waals surface area (Å²) in [7, 11) is -0.679. The van der Waals surface area contributed by atoms with Gasteiger partial charge in [0.1, 0.15) is 0 Å². The first-order valence-electron chi connectivity index (χ1n) is 6.29. The molecule has 3 nitrogen and oxygen atoms in total. The Kier molecular flexibility index (Phi) is 5.94. The molecule has 1 heterocycles. The summed E-state index contributed by atoms with van der Waals surface area (Å²) in [5.41, 5.74) is 0. The lowest BCUT2D eigenvalue weighted by atomic mass is 10.0. The molecule has 96 valence electrons. The fourth-order valence-electron chi connectivity index (χ4n) is 2.22. The second-order valence-electron chi connectivity index (χ2n) is 5.15. The van der Waals surface area contributed by atoms with Gasteiger partial charge in [0.05, 0.1) is 0 Å². The fraction of sp³-hybridized carbons (Fsp3) is 1.00. The first kappa shape index (κ1) is 14.1. The second kappa shape index (κ2) is 6.72. The van der Waals surface area contributed by atoms with E-state index in [0.29, 0.717) is 17.2 Å². The predicted octanol–water partition coefficient (Wildman–Crippen LogP) is 1.07. The highest BCUT2D eigenvalue weighted by atomic mass is 32.2. The van der Waals surface area contributed by atoms with E-state index in [2.05, 4.69) is 31.0 Å². The number of piperazine rings is 1. The maximum absolute atomic E-state index is 11.3. The monoisotopic (exact) mass is 246 g/mol. The molecular weight excluding hydrogens is 220 g/mol. The topological polar surface area (TPSA) is 32.3 Å². The summed E-state index contributed by atoms with van der Waals surface area (Å²) >= 11 is 0. The Morgan fingerprint density at radius 3 is 2.69 bits per heavy atom. The maximum Gasteiger partial charge on any atom is 0.0329 e. The molecule has 1 N–H and O–H groups in total. The average molecular weight is 246 g/mol. The van der Waals surface area contributed by atoms with Gasteiger partial charge in [0.2, 0.25) is 0 Å². The molecule has 0 bridgehead atoms. The Bertz CT molecular complexity index is 233. The second-order valence-corrected chi connectivity index (χ2v) is 6.95. The van der Waals surface area contributed by atoms with Crippen molar-refractivity contribution in [2.45, 2.75) is 38.5 Å². The molecule has 1 rings (SSSR count). The summed E-state index contributed by atoms with van der Waals surface area (Å²) in [6, 6.07) is 0.645. The van der Waals surface area contributed by atoms with Gasteiger partial charge in [-0.3, -0.25) is 9.11 Å². The average Bonchev–Trinajstić information content (AvgIpc) is 2.25. The van der Waals surface area contributed by atoms with Gasteiger partial charge in [-0.25, -0.2) is 0 Å². The van der Waals surface area contributed by atoms with Gasteiger partial charge in [0.25, 0.3) is 0 Å². The summed E-state index contributed by atoms with van der Waals surface area (Å²) in [6.45, 7) is 11.1. The molecule has 1 saturated heterocycles. The molecule has 3 atom stereocenters. The van der Waals surface area contributed by atoms with Crippen LogP contribution in [0, 0.1) is 5.92 Å². The zero-order valence-corrected chi connectivity index (χ0v) is 11.8. The number of rotatable bonds is 5. The van der Waals surface area contributed by atoms with Gasteiger partial charge < -0.3 is 5.32 Å². The van der Waals surface area contributed by atoms with Crippen molar-refractivity contribution < 1.29 is 4.21 Å². The van der Waals surface area contributed by atoms with Gasteiger partial charge in [-0.15, -0.1) is 0 Å². The first-order chi connectivity index (χ1) is 7.52. The van der Waals surface area contributed by atoms with Crippen molar-refractivity contribution in [1.82, 2.24) is 10.2 Å². The van der Waals surface area contributed by atoms with Gasteiger partial charge >= 0.3 is 0 Å². The SMILES string of the molecule is CC(C)C1CNCCN1CCC(C)S(C)=O. The molecule has 0 saturated carbocycles. The molecule has 4 heteroatoms. The summed E-state index contributed by atoms with van der Waals surface area (Å²) in [6.07, 6.45) is 2.86. The van der Waals surface area contributed by atoms with Crippen LogP contribution in [-0.4, -0.2) is 52.8 Å². The van der Waals surface area contributed by atoms with Gasteiger partial charge in [-0.05, 0) is 18.9 Å². The van der Waals surface area contributed by atoms with Crippen molar-refractivity contribution in [1.29, 1.82) is 0 Å². The molecule has 16 heavy (non-hydrogen) atoms. The summed E-state index contributed by atoms with van der Waals surface area (Å²) in [4.78, 5) is 2.56. The van der Waals surface area contributed by atoms with E-state index >= 15 is 0 Å². The van der Waals surface area contributed by atoms with Crippen LogP contribution in [0.1, 0.15) is 27.2 Å². The molecule has 0 aromatic rings. The van der Waals surface area contributed by atoms with Crippen LogP contribution in [0.3, 0.4) is 0 Å². The number of nitrogens with zero attached hydrogens (tertiary/aromatic N) is 1. The molecule has 1 aliphatic rings. The van der Waals surface area contributed by atoms with E-state index in [-0.39, 0.29) is 0 Å². The third-order valence-electron chi connectivity index (χ3n) is 3.56. The van der Waals surface area contributed by atoms with Crippen molar-refractivity contribution in [3.63, 3.8) is 0 Å². The van der Waals surface area contributed by atoms with Crippen LogP contribution < -0.4 is 5.32 Å². The number of hydrogen-bond acceptors (Lipinski definition) is 3. The maximum atomic E-state index is 11.3. The lowest BCUT2D eigenvalue weighted by Gasteiger charge is -2.39. The summed E-state index contributed by atoms with van der Waals surface area (Å²) < 4.78 is 11.3. The van der Waals surface area contributed by atoms with Gasteiger partial charge in [0.15, 0.2) is 0 Å². The Morgan fingerprint density at radius 1 is 1.44 bits per heavy atom. The number of nitrogens with one attached hydrogen (secondary N) is 1. The van der Waals surface area contributed by atoms with Crippen LogP contribution in [0.15, 0.2) is 0 Å². The quantitative estimate of drug-likeness (QED) is 0.788. The molecule has 1 aliphatic heterocycles. The third-order valence-corrected chi connectivity index (χ3v) is 4.93. The minimum Gasteiger partial charge on any atom is -0.314 e. The van der Waals surface area contributed by atoms with Crippen molar-refractivity contribution >= 4 is 10.8 Å². The zero-order chi connectivity index (χ0) is 12.1. The lowest BCUT2D eigenvalue weighted by Crippen LogP contribution is -2.54. The Hall–Kier alpha value is 0.0700. The van der Waals surface area contributed by atoms with E-state index in [4.69, 9.17) is 0 Å². The van der Waals surface area contributed by atoms with Gasteiger partial charge in [-0.2, -0.15) is 0 Å². The van der Waals surface area contributed by atoms with E-state index < -0.39 is 10.8 Å². The molecule has 3 unspecified atom stereocenters. The minimum atomic E-state index is -0.679. The van der Waals surface area contributed by atoms with Crippen molar-refractivity contribution in [3.8, 4) is 0 Å². The molecule has 0 aliphatic carbocycles. The van der Waals surface area contributed by atoms with Gasteiger partial charge in [-0.1, -0.05) is 20.8 Å². The summed E-state index contributed by atoms with van der Waals surface area (Å²) in [5, 5.41) is 3.78. The molecule has 0 amide bonds. The van der Waals surface area contributed by atoms with Crippen molar-refractivity contribution in [2.24, 2.45) is 5.92 Å². The van der Waals surface area contributed by atoms with E-state index in [1.54, 1.807) is 0 Å². The smallest absolute Gasteiger partial charge is 0.0329 e. The molecular formula is C12H26N2OS. The third kappa shape index (κ3) is 4.15. The highest BCUT2D eigenvalue weighted by molar-refractivity contribution is 7.84. The highest BCUT2D eigenvalue weighted by Gasteiger charge is 2.24. The van der Waals surface area contributed by atoms with E-state index in [1.165, 1.54) is 0 Å². The van der Waals surface area contributed by atoms with Crippen molar-refractivity contribution in [2.75, 3.05) is 32.4 Å². The predicted molar refractivity (Wildman–Crippen MR) is 71.2 cm³/mol. The Labute approximate surface area is 102 Å². The van der Waals surface area contributed by atoms with Gasteiger partial charge in [0, 0.05) is 48.0 Å². The first-order valence-corrected chi connectivity index (χ1v) is 7.91. The van der Waals surface area contributed by atoms with E-state index in [0.717, 1.165) is 32.6 Å². The van der Waals surface area contributed by atoms with Crippen LogP contribution in [0.25, 0.3) is 0 Å². The standard InChI is InChI=1S/C12H26N2OS/c1-10(2)12-9-13-6-8-14(12)7-5-11(3)16(4)15/h10-13H,5-9H2,1-4H3. The van der Waals surface area contributed by atoms with Crippen LogP contribution in [-0.2, 0) is 10.8 Å². The molecule has 0 radical (unpaired) electrons. The summed E-state index contributed by atoms with van der Waals surface area (Å²) in [5.74, 6) is 0.690. The van der Waals surface area contributed by atoms with Crippen LogP contribution in [0.2, 0.25) is 0 Å². The number of hydrogen-bond donors (Lipinski definition) is 1. The van der Waals surface area contributed by atoms with E-state index in [1.807, 2.05) is 6.26 Å². The Morgan fingerprint density at radius 2 is 2.12 bits per heavy atom. The van der Waals surface area contributed by atoms with Crippen molar-refractivity contribution in [3.05, 3.63) is 0 Å². The van der Waals surface area contributed by atoms with Crippen LogP contribution >= 0.6 is 0 Å². The lowest BCUT2D eigenvalue weighted by molar-refractivity contribution is 0.123. The minimum absolute atomic E-state index is 0.322. The van der Waals surface area contributed by atoms with E-state index in [9.17, 15) is 4.21 Å². The highest BCUT2D eigenvalue weighted by Crippen LogP contribution is 2.14. The molecule has 0 spiro atoms. The van der Waals surface area contributed by atoms with Crippen LogP contribution in [0.5, 0.6) is 0 Å². The van der Waals surface area contributed by atoms with Crippen LogP contribution in [0.4, 0.5) is 0 Å². The molecule has 0 aromatic carbocycles. The normalized spacial score (nSPS) is 26.9. The Balaban J connectivity index is 2.41. The zero-order valence-electron chi connectivity index (χ0n) is 11.0.